The van der Waals surface area contributed by atoms with Gasteiger partial charge in [0.25, 0.3) is 0 Å². The number of piperazine rings is 1. The van der Waals surface area contributed by atoms with Crippen LogP contribution in [0.1, 0.15) is 5.82 Å². The van der Waals surface area contributed by atoms with Gasteiger partial charge >= 0.3 is 6.18 Å². The molecule has 1 aromatic rings. The highest BCUT2D eigenvalue weighted by Crippen LogP contribution is 2.17. The van der Waals surface area contributed by atoms with Gasteiger partial charge in [0.05, 0.1) is 13.1 Å². The van der Waals surface area contributed by atoms with Crippen LogP contribution in [-0.2, 0) is 13.6 Å². The summed E-state index contributed by atoms with van der Waals surface area (Å²) < 4.78 is 38.6. The molecule has 0 saturated carbocycles. The van der Waals surface area contributed by atoms with Gasteiger partial charge in [-0.1, -0.05) is 0 Å². The second-order valence-corrected chi connectivity index (χ2v) is 4.62. The Bertz CT molecular complexity index is 380. The highest BCUT2D eigenvalue weighted by atomic mass is 19.4. The zero-order chi connectivity index (χ0) is 13.2. The van der Waals surface area contributed by atoms with E-state index in [9.17, 15) is 13.2 Å². The fourth-order valence-corrected chi connectivity index (χ4v) is 2.11. The Balaban J connectivity index is 1.79. The van der Waals surface area contributed by atoms with Crippen LogP contribution in [-0.4, -0.2) is 58.3 Å². The molecule has 1 aliphatic rings. The molecule has 1 saturated heterocycles. The highest BCUT2D eigenvalue weighted by Gasteiger charge is 2.32. The van der Waals surface area contributed by atoms with Crippen LogP contribution >= 0.6 is 0 Å². The van der Waals surface area contributed by atoms with E-state index in [1.165, 1.54) is 4.90 Å². The lowest BCUT2D eigenvalue weighted by Gasteiger charge is -2.34. The van der Waals surface area contributed by atoms with E-state index < -0.39 is 12.7 Å². The van der Waals surface area contributed by atoms with Crippen molar-refractivity contribution in [2.24, 2.45) is 7.05 Å². The van der Waals surface area contributed by atoms with E-state index in [1.807, 2.05) is 17.8 Å². The average molecular weight is 262 g/mol. The first-order chi connectivity index (χ1) is 8.44. The first-order valence-corrected chi connectivity index (χ1v) is 5.92. The van der Waals surface area contributed by atoms with Crippen molar-refractivity contribution in [2.75, 3.05) is 32.7 Å². The van der Waals surface area contributed by atoms with Crippen molar-refractivity contribution in [2.45, 2.75) is 12.7 Å². The van der Waals surface area contributed by atoms with Gasteiger partial charge in [0.2, 0.25) is 0 Å². The minimum Gasteiger partial charge on any atom is -0.337 e. The molecule has 4 nitrogen and oxygen atoms in total. The number of hydrogen-bond acceptors (Lipinski definition) is 3. The lowest BCUT2D eigenvalue weighted by Crippen LogP contribution is -2.48. The van der Waals surface area contributed by atoms with E-state index in [4.69, 9.17) is 0 Å². The second kappa shape index (κ2) is 5.27. The smallest absolute Gasteiger partial charge is 0.337 e. The molecule has 102 valence electrons. The van der Waals surface area contributed by atoms with Gasteiger partial charge in [-0.05, 0) is 0 Å². The summed E-state index contributed by atoms with van der Waals surface area (Å²) in [6, 6.07) is 0. The van der Waals surface area contributed by atoms with Crippen molar-refractivity contribution >= 4 is 0 Å². The number of aryl methyl sites for hydroxylation is 1. The number of rotatable bonds is 3. The minimum atomic E-state index is -4.10. The molecule has 0 N–H and O–H groups in total. The third kappa shape index (κ3) is 3.71. The number of hydrogen-bond donors (Lipinski definition) is 0. The van der Waals surface area contributed by atoms with Gasteiger partial charge in [-0.2, -0.15) is 13.2 Å². The van der Waals surface area contributed by atoms with Crippen LogP contribution in [0.3, 0.4) is 0 Å². The zero-order valence-corrected chi connectivity index (χ0v) is 10.3. The van der Waals surface area contributed by atoms with Gasteiger partial charge in [-0.15, -0.1) is 0 Å². The molecule has 2 rings (SSSR count). The Hall–Kier alpha value is -1.08. The van der Waals surface area contributed by atoms with Crippen LogP contribution in [0.5, 0.6) is 0 Å². The number of imidazole rings is 1. The van der Waals surface area contributed by atoms with Crippen molar-refractivity contribution in [1.82, 2.24) is 19.4 Å². The van der Waals surface area contributed by atoms with Gasteiger partial charge in [0, 0.05) is 45.6 Å². The molecule has 18 heavy (non-hydrogen) atoms. The summed E-state index contributed by atoms with van der Waals surface area (Å²) in [6.45, 7) is 2.13. The van der Waals surface area contributed by atoms with Crippen LogP contribution in [0.4, 0.5) is 13.2 Å². The van der Waals surface area contributed by atoms with E-state index in [-0.39, 0.29) is 0 Å². The summed E-state index contributed by atoms with van der Waals surface area (Å²) in [7, 11) is 1.92. The normalized spacial score (nSPS) is 19.3. The molecule has 0 bridgehead atoms. The fourth-order valence-electron chi connectivity index (χ4n) is 2.11. The van der Waals surface area contributed by atoms with E-state index in [0.29, 0.717) is 32.7 Å². The van der Waals surface area contributed by atoms with E-state index >= 15 is 0 Å². The number of nitrogens with zero attached hydrogens (tertiary/aromatic N) is 4. The van der Waals surface area contributed by atoms with E-state index in [2.05, 4.69) is 9.88 Å². The first kappa shape index (κ1) is 13.4. The van der Waals surface area contributed by atoms with Gasteiger partial charge in [0.1, 0.15) is 5.82 Å². The van der Waals surface area contributed by atoms with Crippen LogP contribution < -0.4 is 0 Å². The molecule has 2 heterocycles. The van der Waals surface area contributed by atoms with Crippen LogP contribution in [0.15, 0.2) is 12.4 Å². The second-order valence-electron chi connectivity index (χ2n) is 4.62. The Morgan fingerprint density at radius 2 is 1.78 bits per heavy atom. The topological polar surface area (TPSA) is 24.3 Å². The number of halogens is 3. The summed E-state index contributed by atoms with van der Waals surface area (Å²) in [5.41, 5.74) is 0. The molecule has 0 atom stereocenters. The molecule has 0 radical (unpaired) electrons. The third-order valence-electron chi connectivity index (χ3n) is 3.15. The first-order valence-electron chi connectivity index (χ1n) is 5.92. The third-order valence-corrected chi connectivity index (χ3v) is 3.15. The molecule has 0 spiro atoms. The Labute approximate surface area is 104 Å². The maximum Gasteiger partial charge on any atom is 0.401 e. The van der Waals surface area contributed by atoms with Crippen molar-refractivity contribution in [3.63, 3.8) is 0 Å². The quantitative estimate of drug-likeness (QED) is 0.815. The zero-order valence-electron chi connectivity index (χ0n) is 10.3. The molecular weight excluding hydrogens is 245 g/mol. The molecule has 1 aliphatic heterocycles. The average Bonchev–Trinajstić information content (AvgIpc) is 2.65. The van der Waals surface area contributed by atoms with Crippen LogP contribution in [0, 0.1) is 0 Å². The summed E-state index contributed by atoms with van der Waals surface area (Å²) in [4.78, 5) is 7.80. The van der Waals surface area contributed by atoms with Gasteiger partial charge in [0.15, 0.2) is 0 Å². The summed E-state index contributed by atoms with van der Waals surface area (Å²) in [5.74, 6) is 0.944. The van der Waals surface area contributed by atoms with Crippen molar-refractivity contribution in [3.8, 4) is 0 Å². The van der Waals surface area contributed by atoms with Crippen molar-refractivity contribution < 1.29 is 13.2 Å². The monoisotopic (exact) mass is 262 g/mol. The molecule has 0 aliphatic carbocycles. The Morgan fingerprint density at radius 3 is 2.28 bits per heavy atom. The summed E-state index contributed by atoms with van der Waals surface area (Å²) in [5, 5.41) is 0. The van der Waals surface area contributed by atoms with Gasteiger partial charge in [-0.25, -0.2) is 4.98 Å². The maximum absolute atomic E-state index is 12.2. The molecule has 1 fully saturated rings. The fraction of sp³-hybridized carbons (Fsp3) is 0.727. The molecule has 0 unspecified atom stereocenters. The largest absolute Gasteiger partial charge is 0.401 e. The Kier molecular flexibility index (Phi) is 3.91. The Morgan fingerprint density at radius 1 is 1.17 bits per heavy atom. The van der Waals surface area contributed by atoms with Gasteiger partial charge in [-0.3, -0.25) is 9.80 Å². The molecule has 0 amide bonds. The highest BCUT2D eigenvalue weighted by molar-refractivity contribution is 4.91. The number of aromatic nitrogens is 2. The SMILES string of the molecule is Cn1ccnc1CN1CCN(CC(F)(F)F)CC1. The predicted octanol–water partition coefficient (Wildman–Crippen LogP) is 1.10. The lowest BCUT2D eigenvalue weighted by atomic mass is 10.3. The minimum absolute atomic E-state index is 0.462. The van der Waals surface area contributed by atoms with Gasteiger partial charge < -0.3 is 4.57 Å². The van der Waals surface area contributed by atoms with Crippen LogP contribution in [0.2, 0.25) is 0 Å². The predicted molar refractivity (Wildman–Crippen MR) is 61.0 cm³/mol. The molecule has 7 heteroatoms. The maximum atomic E-state index is 12.2. The van der Waals surface area contributed by atoms with E-state index in [1.54, 1.807) is 6.20 Å². The molecule has 0 aromatic carbocycles. The summed E-state index contributed by atoms with van der Waals surface area (Å²) >= 11 is 0. The molecular formula is C11H17F3N4. The van der Waals surface area contributed by atoms with E-state index in [0.717, 1.165) is 5.82 Å². The number of alkyl halides is 3. The van der Waals surface area contributed by atoms with Crippen molar-refractivity contribution in [1.29, 1.82) is 0 Å². The van der Waals surface area contributed by atoms with Crippen LogP contribution in [0.25, 0.3) is 0 Å². The summed E-state index contributed by atoms with van der Waals surface area (Å²) in [6.07, 6.45) is -0.494. The van der Waals surface area contributed by atoms with Crippen molar-refractivity contribution in [3.05, 3.63) is 18.2 Å². The molecule has 1 aromatic heterocycles. The standard InChI is InChI=1S/C11H17F3N4/c1-16-3-2-15-10(16)8-17-4-6-18(7-5-17)9-11(12,13)14/h2-3H,4-9H2,1H3. The lowest BCUT2D eigenvalue weighted by molar-refractivity contribution is -0.149.